The van der Waals surface area contributed by atoms with Gasteiger partial charge in [0.2, 0.25) is 0 Å². The maximum atomic E-state index is 3.56. The van der Waals surface area contributed by atoms with E-state index in [-0.39, 0.29) is 52.4 Å². The minimum Gasteiger partial charge on any atom is -0.379 e. The summed E-state index contributed by atoms with van der Waals surface area (Å²) in [5.74, 6) is 0. The van der Waals surface area contributed by atoms with Crippen molar-refractivity contribution in [2.45, 2.75) is 6.92 Å². The predicted molar refractivity (Wildman–Crippen MR) is 24.5 cm³/mol. The van der Waals surface area contributed by atoms with Crippen molar-refractivity contribution in [3.05, 3.63) is 25.5 Å². The summed E-state index contributed by atoms with van der Waals surface area (Å²) >= 11 is 0. The van der Waals surface area contributed by atoms with Crippen LogP contribution in [0.5, 0.6) is 0 Å². The molecular formula is C5H8Zr2-2. The molecule has 0 heterocycles. The first kappa shape index (κ1) is 15.7. The maximum absolute atomic E-state index is 3.56. The molecule has 2 heteroatoms. The zero-order valence-corrected chi connectivity index (χ0v) is 9.41. The third kappa shape index (κ3) is 18.9. The standard InChI is InChI=1S/C5H8.2Zr/c1-4-5(2)3;;/h4H,1-2H2,3H3;;/q-2;;/b5-4+;;. The Labute approximate surface area is 84.0 Å². The van der Waals surface area contributed by atoms with Gasteiger partial charge in [-0.05, 0) is 0 Å². The quantitative estimate of drug-likeness (QED) is 0.573. The number of hydrogen-bond donors (Lipinski definition) is 0. The van der Waals surface area contributed by atoms with E-state index in [1.54, 1.807) is 6.08 Å². The molecular weight excluding hydrogens is 243 g/mol. The van der Waals surface area contributed by atoms with Gasteiger partial charge in [-0.25, -0.2) is 0 Å². The molecule has 0 aliphatic carbocycles. The van der Waals surface area contributed by atoms with Crippen LogP contribution in [0.15, 0.2) is 11.6 Å². The van der Waals surface area contributed by atoms with Crippen molar-refractivity contribution in [1.29, 1.82) is 0 Å². The van der Waals surface area contributed by atoms with E-state index in [4.69, 9.17) is 0 Å². The van der Waals surface area contributed by atoms with Gasteiger partial charge in [0.1, 0.15) is 0 Å². The van der Waals surface area contributed by atoms with E-state index in [1.165, 1.54) is 0 Å². The summed E-state index contributed by atoms with van der Waals surface area (Å²) < 4.78 is 0. The molecule has 0 unspecified atom stereocenters. The van der Waals surface area contributed by atoms with Crippen LogP contribution >= 0.6 is 0 Å². The van der Waals surface area contributed by atoms with Crippen LogP contribution < -0.4 is 0 Å². The van der Waals surface area contributed by atoms with E-state index in [2.05, 4.69) is 13.8 Å². The molecule has 7 heavy (non-hydrogen) atoms. The molecule has 0 saturated carbocycles. The van der Waals surface area contributed by atoms with E-state index in [0.29, 0.717) is 0 Å². The average Bonchev–Trinajstić information content (AvgIpc) is 1.38. The van der Waals surface area contributed by atoms with Crippen molar-refractivity contribution in [3.63, 3.8) is 0 Å². The van der Waals surface area contributed by atoms with Crippen molar-refractivity contribution >= 4 is 0 Å². The summed E-state index contributed by atoms with van der Waals surface area (Å²) in [6, 6.07) is 0. The second kappa shape index (κ2) is 10.3. The summed E-state index contributed by atoms with van der Waals surface area (Å²) in [4.78, 5) is 0. The third-order valence-corrected chi connectivity index (χ3v) is 0.348. The molecule has 0 aromatic carbocycles. The molecule has 0 spiro atoms. The van der Waals surface area contributed by atoms with Gasteiger partial charge in [-0.3, -0.25) is 0 Å². The van der Waals surface area contributed by atoms with Gasteiger partial charge < -0.3 is 25.5 Å². The van der Waals surface area contributed by atoms with Crippen LogP contribution in [-0.2, 0) is 52.4 Å². The van der Waals surface area contributed by atoms with Crippen molar-refractivity contribution in [3.8, 4) is 0 Å². The van der Waals surface area contributed by atoms with E-state index in [9.17, 15) is 0 Å². The van der Waals surface area contributed by atoms with Crippen LogP contribution in [0.3, 0.4) is 0 Å². The van der Waals surface area contributed by atoms with Gasteiger partial charge in [0.15, 0.2) is 0 Å². The molecule has 0 fully saturated rings. The molecule has 0 radical (unpaired) electrons. The predicted octanol–water partition coefficient (Wildman–Crippen LogP) is 1.60. The van der Waals surface area contributed by atoms with Gasteiger partial charge in [0, 0.05) is 52.4 Å². The Balaban J connectivity index is -0.0000000800. The SMILES string of the molecule is [CH2-]/C=C(\[CH2-])C.[Zr].[Zr]. The van der Waals surface area contributed by atoms with Crippen LogP contribution in [0.1, 0.15) is 6.92 Å². The van der Waals surface area contributed by atoms with Crippen molar-refractivity contribution < 1.29 is 52.4 Å². The van der Waals surface area contributed by atoms with Gasteiger partial charge >= 0.3 is 0 Å². The minimum absolute atomic E-state index is 0. The molecule has 0 aromatic heterocycles. The Hall–Kier alpha value is 1.25. The van der Waals surface area contributed by atoms with E-state index in [1.807, 2.05) is 6.92 Å². The van der Waals surface area contributed by atoms with Gasteiger partial charge in [0.25, 0.3) is 0 Å². The molecule has 0 aromatic rings. The fourth-order valence-corrected chi connectivity index (χ4v) is 0. The van der Waals surface area contributed by atoms with Crippen molar-refractivity contribution in [2.75, 3.05) is 0 Å². The fourth-order valence-electron chi connectivity index (χ4n) is 0. The van der Waals surface area contributed by atoms with Gasteiger partial charge in [0.05, 0.1) is 0 Å². The summed E-state index contributed by atoms with van der Waals surface area (Å²) in [6.07, 6.45) is 1.72. The van der Waals surface area contributed by atoms with Crippen LogP contribution in [0, 0.1) is 13.8 Å². The molecule has 0 aliphatic rings. The number of rotatable bonds is 0. The van der Waals surface area contributed by atoms with Crippen LogP contribution in [0.2, 0.25) is 0 Å². The topological polar surface area (TPSA) is 0 Å². The fraction of sp³-hybridized carbons (Fsp3) is 0.200. The van der Waals surface area contributed by atoms with Crippen LogP contribution in [0.25, 0.3) is 0 Å². The van der Waals surface area contributed by atoms with E-state index < -0.39 is 0 Å². The molecule has 0 N–H and O–H groups in total. The molecule has 0 amide bonds. The first-order valence-electron chi connectivity index (χ1n) is 1.55. The maximum Gasteiger partial charge on any atom is 0 e. The first-order valence-corrected chi connectivity index (χ1v) is 1.55. The molecule has 0 bridgehead atoms. The monoisotopic (exact) mass is 248 g/mol. The summed E-state index contributed by atoms with van der Waals surface area (Å²) in [6.45, 7) is 8.93. The molecule has 0 saturated heterocycles. The minimum atomic E-state index is 0. The molecule has 38 valence electrons. The van der Waals surface area contributed by atoms with E-state index in [0.717, 1.165) is 5.57 Å². The van der Waals surface area contributed by atoms with Crippen molar-refractivity contribution in [2.24, 2.45) is 0 Å². The average molecular weight is 251 g/mol. The summed E-state index contributed by atoms with van der Waals surface area (Å²) in [5.41, 5.74) is 1.02. The normalized spacial score (nSPS) is 8.43. The zero-order valence-electron chi connectivity index (χ0n) is 4.49. The Morgan fingerprint density at radius 2 is 1.57 bits per heavy atom. The summed E-state index contributed by atoms with van der Waals surface area (Å²) in [7, 11) is 0. The van der Waals surface area contributed by atoms with Crippen LogP contribution in [0.4, 0.5) is 0 Å². The van der Waals surface area contributed by atoms with Crippen molar-refractivity contribution in [1.82, 2.24) is 0 Å². The molecule has 0 nitrogen and oxygen atoms in total. The second-order valence-corrected chi connectivity index (χ2v) is 1.05. The largest absolute Gasteiger partial charge is 0.379 e. The van der Waals surface area contributed by atoms with Gasteiger partial charge in [-0.2, -0.15) is 0 Å². The Kier molecular flexibility index (Phi) is 23.1. The molecule has 0 atom stereocenters. The zero-order chi connectivity index (χ0) is 4.28. The smallest absolute Gasteiger partial charge is 0 e. The summed E-state index contributed by atoms with van der Waals surface area (Å²) in [5, 5.41) is 0. The molecule has 0 aliphatic heterocycles. The Bertz CT molecular complexity index is 44.0. The third-order valence-electron chi connectivity index (χ3n) is 0.348. The molecule has 0 rings (SSSR count). The van der Waals surface area contributed by atoms with Gasteiger partial charge in [-0.15, -0.1) is 6.92 Å². The number of allylic oxidation sites excluding steroid dienone is 2. The van der Waals surface area contributed by atoms with E-state index >= 15 is 0 Å². The Morgan fingerprint density at radius 3 is 1.57 bits per heavy atom. The first-order chi connectivity index (χ1) is 2.27. The second-order valence-electron chi connectivity index (χ2n) is 1.05. The number of hydrogen-bond acceptors (Lipinski definition) is 0. The van der Waals surface area contributed by atoms with Gasteiger partial charge in [-0.1, -0.05) is 0 Å². The Morgan fingerprint density at radius 1 is 1.43 bits per heavy atom. The van der Waals surface area contributed by atoms with Crippen LogP contribution in [-0.4, -0.2) is 0 Å².